The van der Waals surface area contributed by atoms with Crippen LogP contribution >= 0.6 is 0 Å². The molecule has 1 fully saturated rings. The first-order chi connectivity index (χ1) is 20.0. The van der Waals surface area contributed by atoms with E-state index >= 15 is 0 Å². The van der Waals surface area contributed by atoms with Crippen molar-refractivity contribution in [1.29, 1.82) is 0 Å². The molecule has 2 aromatic heterocycles. The number of hydrogen-bond donors (Lipinski definition) is 0. The third kappa shape index (κ3) is 8.67. The summed E-state index contributed by atoms with van der Waals surface area (Å²) in [6.45, 7) is 7.30. The van der Waals surface area contributed by atoms with Crippen molar-refractivity contribution in [3.63, 3.8) is 0 Å². The molecule has 0 amide bonds. The Bertz CT molecular complexity index is 1430. The summed E-state index contributed by atoms with van der Waals surface area (Å²) in [7, 11) is -1.36. The molecule has 1 aliphatic carbocycles. The van der Waals surface area contributed by atoms with E-state index in [1.54, 1.807) is 10.8 Å². The average Bonchev–Trinajstić information content (AvgIpc) is 3.03. The summed E-state index contributed by atoms with van der Waals surface area (Å²) in [5, 5.41) is 1.54. The molecular weight excluding hydrogens is 705 g/mol. The zero-order valence-corrected chi connectivity index (χ0v) is 28.3. The van der Waals surface area contributed by atoms with Crippen molar-refractivity contribution in [2.75, 3.05) is 0 Å². The van der Waals surface area contributed by atoms with Crippen molar-refractivity contribution in [2.24, 2.45) is 5.92 Å². The van der Waals surface area contributed by atoms with Crippen molar-refractivity contribution in [3.8, 4) is 33.6 Å². The van der Waals surface area contributed by atoms with Gasteiger partial charge in [0.1, 0.15) is 0 Å². The molecule has 1 radical (unpaired) electrons. The smallest absolute Gasteiger partial charge is 0.0798 e. The third-order valence-corrected chi connectivity index (χ3v) is 9.94. The Hall–Kier alpha value is -3.17. The molecule has 0 saturated heterocycles. The van der Waals surface area contributed by atoms with Crippen molar-refractivity contribution < 1.29 is 20.1 Å². The van der Waals surface area contributed by atoms with E-state index < -0.39 is 8.07 Å². The van der Waals surface area contributed by atoms with Crippen LogP contribution in [0.5, 0.6) is 0 Å². The Balaban J connectivity index is 0.000000193. The van der Waals surface area contributed by atoms with E-state index in [2.05, 4.69) is 79.4 Å². The molecular formula is C38H40IrN2Si-2. The van der Waals surface area contributed by atoms with Crippen molar-refractivity contribution in [2.45, 2.75) is 58.2 Å². The molecule has 2 nitrogen and oxygen atoms in total. The quantitative estimate of drug-likeness (QED) is 0.128. The summed E-state index contributed by atoms with van der Waals surface area (Å²) in [5.74, 6) is 0.869. The molecule has 3 aromatic carbocycles. The second-order valence-corrected chi connectivity index (χ2v) is 17.1. The maximum absolute atomic E-state index is 4.77. The zero-order chi connectivity index (χ0) is 28.5. The van der Waals surface area contributed by atoms with Crippen molar-refractivity contribution in [3.05, 3.63) is 127 Å². The second kappa shape index (κ2) is 15.3. The van der Waals surface area contributed by atoms with Gasteiger partial charge in [-0.05, 0) is 40.0 Å². The topological polar surface area (TPSA) is 25.8 Å². The van der Waals surface area contributed by atoms with E-state index in [1.165, 1.54) is 44.1 Å². The largest absolute Gasteiger partial charge is 0.305 e. The minimum absolute atomic E-state index is 0. The fourth-order valence-corrected chi connectivity index (χ4v) is 7.24. The van der Waals surface area contributed by atoms with Gasteiger partial charge in [0.25, 0.3) is 0 Å². The van der Waals surface area contributed by atoms with Gasteiger partial charge in [-0.15, -0.1) is 71.8 Å². The normalized spacial score (nSPS) is 13.4. The van der Waals surface area contributed by atoms with Crippen LogP contribution in [0.25, 0.3) is 33.6 Å². The maximum atomic E-state index is 4.77. The third-order valence-electron chi connectivity index (χ3n) is 7.87. The zero-order valence-electron chi connectivity index (χ0n) is 24.9. The Kier molecular flexibility index (Phi) is 11.6. The van der Waals surface area contributed by atoms with Gasteiger partial charge in [-0.3, -0.25) is 0 Å². The fourth-order valence-electron chi connectivity index (χ4n) is 5.65. The maximum Gasteiger partial charge on any atom is 0.0798 e. The van der Waals surface area contributed by atoms with Gasteiger partial charge in [-0.25, -0.2) is 0 Å². The van der Waals surface area contributed by atoms with Crippen LogP contribution in [0.2, 0.25) is 19.6 Å². The van der Waals surface area contributed by atoms with E-state index in [0.29, 0.717) is 0 Å². The van der Waals surface area contributed by atoms with Gasteiger partial charge in [-0.1, -0.05) is 106 Å². The number of nitrogens with zero attached hydrogens (tertiary/aromatic N) is 2. The van der Waals surface area contributed by atoms with Gasteiger partial charge >= 0.3 is 0 Å². The molecule has 2 heterocycles. The number of hydrogen-bond acceptors (Lipinski definition) is 2. The standard InChI is InChI=1S/C21H28NSi.C17H12N.Ir/c1-23(2,3)21-16-22-20(18-12-8-5-9-13-18)15-19(21)14-17-10-6-4-7-11-17;1-3-7-14(8-4-1)16-11-12-17(18-13-16)15-9-5-2-6-10-15;/h5,8-9,12,15-17H,4,6-7,10-11,14H2,1-3H3;1-9,11-13H;/q2*-1;. The monoisotopic (exact) mass is 745 g/mol. The molecule has 4 heteroatoms. The number of pyridine rings is 2. The molecule has 1 saturated carbocycles. The van der Waals surface area contributed by atoms with Gasteiger partial charge in [0.15, 0.2) is 0 Å². The van der Waals surface area contributed by atoms with Crippen LogP contribution in [0.1, 0.15) is 37.7 Å². The summed E-state index contributed by atoms with van der Waals surface area (Å²) in [5.41, 5.74) is 8.05. The van der Waals surface area contributed by atoms with Gasteiger partial charge < -0.3 is 9.97 Å². The summed E-state index contributed by atoms with van der Waals surface area (Å²) in [4.78, 5) is 9.27. The summed E-state index contributed by atoms with van der Waals surface area (Å²) < 4.78 is 0. The molecule has 6 rings (SSSR count). The molecule has 217 valence electrons. The molecule has 42 heavy (non-hydrogen) atoms. The molecule has 5 aromatic rings. The van der Waals surface area contributed by atoms with E-state index in [9.17, 15) is 0 Å². The van der Waals surface area contributed by atoms with Crippen molar-refractivity contribution in [1.82, 2.24) is 9.97 Å². The van der Waals surface area contributed by atoms with Crippen LogP contribution in [0.4, 0.5) is 0 Å². The van der Waals surface area contributed by atoms with Crippen LogP contribution in [-0.2, 0) is 26.5 Å². The Labute approximate surface area is 267 Å². The van der Waals surface area contributed by atoms with Crippen LogP contribution in [0, 0.1) is 18.1 Å². The van der Waals surface area contributed by atoms with Gasteiger partial charge in [0.2, 0.25) is 0 Å². The molecule has 0 aliphatic heterocycles. The SMILES string of the molecule is C[Si](C)(C)c1cnc(-c2[c-]cccc2)cc1CC1CCCCC1.[Ir].[c-]1ccccc1-c1ccc(-c2ccccc2)cn1. The first kappa shape index (κ1) is 31.8. The molecule has 0 N–H and O–H groups in total. The van der Waals surface area contributed by atoms with Crippen LogP contribution in [0.3, 0.4) is 0 Å². The van der Waals surface area contributed by atoms with Gasteiger partial charge in [0.05, 0.1) is 8.07 Å². The van der Waals surface area contributed by atoms with Gasteiger partial charge in [0, 0.05) is 32.5 Å². The first-order valence-electron chi connectivity index (χ1n) is 14.9. The Morgan fingerprint density at radius 3 is 1.86 bits per heavy atom. The van der Waals surface area contributed by atoms with E-state index in [1.807, 2.05) is 66.9 Å². The fraction of sp³-hybridized carbons (Fsp3) is 0.263. The minimum Gasteiger partial charge on any atom is -0.305 e. The van der Waals surface area contributed by atoms with E-state index in [-0.39, 0.29) is 20.1 Å². The second-order valence-electron chi connectivity index (χ2n) is 12.0. The summed E-state index contributed by atoms with van der Waals surface area (Å²) in [6, 6.07) is 39.3. The first-order valence-corrected chi connectivity index (χ1v) is 18.4. The number of benzene rings is 3. The minimum atomic E-state index is -1.36. The van der Waals surface area contributed by atoms with Gasteiger partial charge in [-0.2, -0.15) is 0 Å². The van der Waals surface area contributed by atoms with E-state index in [4.69, 9.17) is 4.98 Å². The molecule has 1 aliphatic rings. The number of aromatic nitrogens is 2. The van der Waals surface area contributed by atoms with E-state index in [0.717, 1.165) is 34.0 Å². The average molecular weight is 745 g/mol. The Morgan fingerprint density at radius 1 is 0.667 bits per heavy atom. The van der Waals surface area contributed by atoms with Crippen LogP contribution < -0.4 is 5.19 Å². The predicted molar refractivity (Wildman–Crippen MR) is 176 cm³/mol. The van der Waals surface area contributed by atoms with Crippen molar-refractivity contribution >= 4 is 13.3 Å². The summed E-state index contributed by atoms with van der Waals surface area (Å²) in [6.07, 6.45) is 12.4. The molecule has 0 bridgehead atoms. The Morgan fingerprint density at radius 2 is 1.29 bits per heavy atom. The summed E-state index contributed by atoms with van der Waals surface area (Å²) >= 11 is 0. The predicted octanol–water partition coefficient (Wildman–Crippen LogP) is 9.43. The number of rotatable bonds is 6. The molecule has 0 spiro atoms. The molecule has 0 atom stereocenters. The molecule has 0 unspecified atom stereocenters. The van der Waals surface area contributed by atoms with Crippen LogP contribution in [-0.4, -0.2) is 18.0 Å². The van der Waals surface area contributed by atoms with Crippen LogP contribution in [0.15, 0.2) is 109 Å².